The van der Waals surface area contributed by atoms with Gasteiger partial charge in [0.25, 0.3) is 5.91 Å². The molecule has 0 atom stereocenters. The second-order valence-electron chi connectivity index (χ2n) is 7.63. The average molecular weight is 412 g/mol. The van der Waals surface area contributed by atoms with E-state index in [9.17, 15) is 14.0 Å². The van der Waals surface area contributed by atoms with Gasteiger partial charge in [0.2, 0.25) is 5.91 Å². The maximum absolute atomic E-state index is 13.1. The number of nitrogens with zero attached hydrogens (tertiary/aromatic N) is 5. The zero-order valence-corrected chi connectivity index (χ0v) is 16.8. The van der Waals surface area contributed by atoms with Crippen LogP contribution in [0.4, 0.5) is 4.39 Å². The third kappa shape index (κ3) is 4.72. The molecule has 2 amide bonds. The molecular formula is C21H25FN6O2. The number of nitrogens with one attached hydrogen (secondary N) is 1. The second-order valence-corrected chi connectivity index (χ2v) is 7.63. The number of hydrogen-bond acceptors (Lipinski definition) is 5. The maximum Gasteiger partial charge on any atom is 0.267 e. The first-order chi connectivity index (χ1) is 14.6. The predicted octanol–water partition coefficient (Wildman–Crippen LogP) is 1.98. The van der Waals surface area contributed by atoms with Crippen LogP contribution in [-0.4, -0.2) is 43.8 Å². The summed E-state index contributed by atoms with van der Waals surface area (Å²) in [4.78, 5) is 24.7. The molecule has 0 bridgehead atoms. The average Bonchev–Trinajstić information content (AvgIpc) is 2.97. The van der Waals surface area contributed by atoms with Gasteiger partial charge in [-0.2, -0.15) is 5.10 Å². The van der Waals surface area contributed by atoms with Crippen LogP contribution in [0.15, 0.2) is 29.4 Å². The lowest BCUT2D eigenvalue weighted by Crippen LogP contribution is -2.39. The molecule has 0 aliphatic carbocycles. The standard InChI is InChI=1S/C21H25FN6O2/c22-16-7-5-15(6-8-16)14-28-20(29)10-9-17(26-28)21(30)23-12-11-19-25-24-18-4-2-1-3-13-27(18)19/h5-8H,1-4,9-14H2,(H,23,30). The molecule has 30 heavy (non-hydrogen) atoms. The highest BCUT2D eigenvalue weighted by molar-refractivity contribution is 6.39. The highest BCUT2D eigenvalue weighted by Gasteiger charge is 2.24. The molecule has 0 fully saturated rings. The summed E-state index contributed by atoms with van der Waals surface area (Å²) in [7, 11) is 0. The number of amides is 2. The molecule has 8 nitrogen and oxygen atoms in total. The van der Waals surface area contributed by atoms with E-state index in [2.05, 4.69) is 25.2 Å². The van der Waals surface area contributed by atoms with Gasteiger partial charge in [-0.25, -0.2) is 9.40 Å². The van der Waals surface area contributed by atoms with Crippen LogP contribution in [-0.2, 0) is 35.5 Å². The molecule has 0 saturated heterocycles. The highest BCUT2D eigenvalue weighted by Crippen LogP contribution is 2.16. The Labute approximate surface area is 174 Å². The Morgan fingerprint density at radius 1 is 1.07 bits per heavy atom. The van der Waals surface area contributed by atoms with Crippen molar-refractivity contribution in [3.63, 3.8) is 0 Å². The number of aryl methyl sites for hydroxylation is 1. The van der Waals surface area contributed by atoms with Crippen molar-refractivity contribution in [3.8, 4) is 0 Å². The van der Waals surface area contributed by atoms with E-state index in [4.69, 9.17) is 0 Å². The lowest BCUT2D eigenvalue weighted by atomic mass is 10.1. The third-order valence-electron chi connectivity index (χ3n) is 5.43. The first-order valence-electron chi connectivity index (χ1n) is 10.4. The van der Waals surface area contributed by atoms with E-state index in [1.54, 1.807) is 12.1 Å². The monoisotopic (exact) mass is 412 g/mol. The van der Waals surface area contributed by atoms with E-state index < -0.39 is 0 Å². The molecule has 2 aliphatic heterocycles. The zero-order chi connectivity index (χ0) is 20.9. The Bertz CT molecular complexity index is 953. The number of fused-ring (bicyclic) bond motifs is 1. The van der Waals surface area contributed by atoms with Gasteiger partial charge in [0, 0.05) is 38.8 Å². The Morgan fingerprint density at radius 2 is 1.90 bits per heavy atom. The third-order valence-corrected chi connectivity index (χ3v) is 5.43. The van der Waals surface area contributed by atoms with Gasteiger partial charge in [-0.1, -0.05) is 18.6 Å². The number of carbonyl (C=O) groups excluding carboxylic acids is 2. The molecule has 1 N–H and O–H groups in total. The van der Waals surface area contributed by atoms with Crippen LogP contribution in [0.5, 0.6) is 0 Å². The summed E-state index contributed by atoms with van der Waals surface area (Å²) in [5.74, 6) is 1.16. The van der Waals surface area contributed by atoms with Gasteiger partial charge < -0.3 is 9.88 Å². The molecule has 1 aromatic carbocycles. The van der Waals surface area contributed by atoms with Gasteiger partial charge in [-0.15, -0.1) is 10.2 Å². The molecule has 1 aromatic heterocycles. The van der Waals surface area contributed by atoms with E-state index in [1.165, 1.54) is 23.6 Å². The summed E-state index contributed by atoms with van der Waals surface area (Å²) in [6.45, 7) is 1.57. The summed E-state index contributed by atoms with van der Waals surface area (Å²) in [6, 6.07) is 5.89. The quantitative estimate of drug-likeness (QED) is 0.785. The molecule has 2 aromatic rings. The van der Waals surface area contributed by atoms with Crippen LogP contribution in [0, 0.1) is 5.82 Å². The molecule has 158 valence electrons. The molecule has 4 rings (SSSR count). The fourth-order valence-electron chi connectivity index (χ4n) is 3.77. The zero-order valence-electron chi connectivity index (χ0n) is 16.8. The largest absolute Gasteiger partial charge is 0.350 e. The number of aromatic nitrogens is 3. The van der Waals surface area contributed by atoms with Crippen molar-refractivity contribution < 1.29 is 14.0 Å². The fourth-order valence-corrected chi connectivity index (χ4v) is 3.77. The lowest BCUT2D eigenvalue weighted by Gasteiger charge is -2.23. The van der Waals surface area contributed by atoms with Gasteiger partial charge in [0.1, 0.15) is 23.2 Å². The first kappa shape index (κ1) is 20.2. The Hall–Kier alpha value is -3.10. The van der Waals surface area contributed by atoms with Crippen molar-refractivity contribution in [2.24, 2.45) is 5.10 Å². The Kier molecular flexibility index (Phi) is 6.15. The van der Waals surface area contributed by atoms with Crippen LogP contribution in [0.2, 0.25) is 0 Å². The smallest absolute Gasteiger partial charge is 0.267 e. The normalized spacial score (nSPS) is 16.6. The van der Waals surface area contributed by atoms with E-state index in [-0.39, 0.29) is 30.6 Å². The van der Waals surface area contributed by atoms with Crippen molar-refractivity contribution in [2.45, 2.75) is 58.0 Å². The van der Waals surface area contributed by atoms with Crippen molar-refractivity contribution in [2.75, 3.05) is 6.54 Å². The minimum absolute atomic E-state index is 0.151. The van der Waals surface area contributed by atoms with Crippen molar-refractivity contribution in [3.05, 3.63) is 47.3 Å². The number of hydrogen-bond donors (Lipinski definition) is 1. The van der Waals surface area contributed by atoms with Crippen LogP contribution in [0.25, 0.3) is 0 Å². The maximum atomic E-state index is 13.1. The molecule has 0 spiro atoms. The molecule has 0 saturated carbocycles. The van der Waals surface area contributed by atoms with Crippen molar-refractivity contribution in [1.29, 1.82) is 0 Å². The van der Waals surface area contributed by atoms with Crippen LogP contribution < -0.4 is 5.32 Å². The van der Waals surface area contributed by atoms with Gasteiger partial charge >= 0.3 is 0 Å². The minimum Gasteiger partial charge on any atom is -0.350 e. The number of rotatable bonds is 6. The Balaban J connectivity index is 1.34. The molecule has 0 unspecified atom stereocenters. The summed E-state index contributed by atoms with van der Waals surface area (Å²) in [6.07, 6.45) is 5.56. The van der Waals surface area contributed by atoms with E-state index in [0.29, 0.717) is 25.1 Å². The van der Waals surface area contributed by atoms with Gasteiger partial charge in [0.05, 0.1) is 6.54 Å². The molecular weight excluding hydrogens is 387 g/mol. The molecule has 9 heteroatoms. The summed E-state index contributed by atoms with van der Waals surface area (Å²) in [5.41, 5.74) is 1.08. The topological polar surface area (TPSA) is 92.5 Å². The summed E-state index contributed by atoms with van der Waals surface area (Å²) in [5, 5.41) is 17.0. The number of benzene rings is 1. The van der Waals surface area contributed by atoms with Crippen LogP contribution >= 0.6 is 0 Å². The molecule has 3 heterocycles. The predicted molar refractivity (Wildman–Crippen MR) is 108 cm³/mol. The van der Waals surface area contributed by atoms with E-state index >= 15 is 0 Å². The molecule has 2 aliphatic rings. The summed E-state index contributed by atoms with van der Waals surface area (Å²) >= 11 is 0. The number of halogens is 1. The van der Waals surface area contributed by atoms with Crippen LogP contribution in [0.1, 0.15) is 49.3 Å². The van der Waals surface area contributed by atoms with Crippen molar-refractivity contribution >= 4 is 17.5 Å². The highest BCUT2D eigenvalue weighted by atomic mass is 19.1. The lowest BCUT2D eigenvalue weighted by molar-refractivity contribution is -0.132. The molecule has 0 radical (unpaired) electrons. The van der Waals surface area contributed by atoms with Crippen LogP contribution in [0.3, 0.4) is 0 Å². The van der Waals surface area contributed by atoms with Gasteiger partial charge in [-0.3, -0.25) is 9.59 Å². The van der Waals surface area contributed by atoms with E-state index in [1.807, 2.05) is 0 Å². The SMILES string of the molecule is O=C(NCCc1nnc2n1CCCCC2)C1=NN(Cc2ccc(F)cc2)C(=O)CC1. The number of hydrazone groups is 1. The van der Waals surface area contributed by atoms with Crippen molar-refractivity contribution in [1.82, 2.24) is 25.1 Å². The van der Waals surface area contributed by atoms with E-state index in [0.717, 1.165) is 43.0 Å². The van der Waals surface area contributed by atoms with Gasteiger partial charge in [0.15, 0.2) is 0 Å². The fraction of sp³-hybridized carbons (Fsp3) is 0.476. The minimum atomic E-state index is -0.336. The number of carbonyl (C=O) groups is 2. The second kappa shape index (κ2) is 9.15. The summed E-state index contributed by atoms with van der Waals surface area (Å²) < 4.78 is 15.2. The first-order valence-corrected chi connectivity index (χ1v) is 10.4. The Morgan fingerprint density at radius 3 is 2.73 bits per heavy atom. The van der Waals surface area contributed by atoms with Gasteiger partial charge in [-0.05, 0) is 30.5 Å².